The molecule has 1 saturated heterocycles. The maximum absolute atomic E-state index is 13.1. The van der Waals surface area contributed by atoms with Crippen LogP contribution in [0.4, 0.5) is 0 Å². The van der Waals surface area contributed by atoms with Crippen molar-refractivity contribution in [1.82, 2.24) is 14.7 Å². The molecule has 0 saturated carbocycles. The molecule has 2 aromatic heterocycles. The number of likely N-dealkylation sites (tertiary alicyclic amines) is 1. The van der Waals surface area contributed by atoms with Gasteiger partial charge in [0.25, 0.3) is 11.5 Å². The zero-order valence-corrected chi connectivity index (χ0v) is 18.0. The van der Waals surface area contributed by atoms with E-state index in [0.717, 1.165) is 21.9 Å². The van der Waals surface area contributed by atoms with Gasteiger partial charge in [0.1, 0.15) is 18.1 Å². The van der Waals surface area contributed by atoms with E-state index in [0.29, 0.717) is 25.1 Å². The van der Waals surface area contributed by atoms with Crippen LogP contribution in [0.1, 0.15) is 24.9 Å². The Hall–Kier alpha value is -3.19. The highest BCUT2D eigenvalue weighted by Gasteiger charge is 2.33. The van der Waals surface area contributed by atoms with Crippen LogP contribution >= 0.6 is 11.3 Å². The number of rotatable bonds is 3. The number of piperidine rings is 1. The average molecular weight is 434 g/mol. The molecule has 2 atom stereocenters. The number of amides is 1. The second-order valence-electron chi connectivity index (χ2n) is 8.06. The molecule has 1 fully saturated rings. The highest BCUT2D eigenvalue weighted by atomic mass is 32.1. The van der Waals surface area contributed by atoms with Gasteiger partial charge in [0, 0.05) is 24.7 Å². The molecule has 6 nitrogen and oxygen atoms in total. The van der Waals surface area contributed by atoms with Gasteiger partial charge in [-0.1, -0.05) is 31.2 Å². The van der Waals surface area contributed by atoms with E-state index >= 15 is 0 Å². The third kappa shape index (κ3) is 3.81. The van der Waals surface area contributed by atoms with Crippen molar-refractivity contribution < 1.29 is 9.53 Å². The van der Waals surface area contributed by atoms with Crippen molar-refractivity contribution in [2.75, 3.05) is 19.7 Å². The fraction of sp³-hybridized carbons (Fsp3) is 0.292. The van der Waals surface area contributed by atoms with Gasteiger partial charge in [-0.3, -0.25) is 9.59 Å². The predicted molar refractivity (Wildman–Crippen MR) is 121 cm³/mol. The zero-order chi connectivity index (χ0) is 21.4. The van der Waals surface area contributed by atoms with Crippen LogP contribution in [0.3, 0.4) is 0 Å². The Labute approximate surface area is 184 Å². The van der Waals surface area contributed by atoms with Crippen LogP contribution in [0, 0.1) is 5.92 Å². The smallest absolute Gasteiger partial charge is 0.267 e. The first-order valence-corrected chi connectivity index (χ1v) is 11.3. The van der Waals surface area contributed by atoms with Gasteiger partial charge < -0.3 is 9.64 Å². The molecule has 31 heavy (non-hydrogen) atoms. The predicted octanol–water partition coefficient (Wildman–Crippen LogP) is 3.86. The largest absolute Gasteiger partial charge is 0.488 e. The molecule has 0 bridgehead atoms. The summed E-state index contributed by atoms with van der Waals surface area (Å²) < 4.78 is 7.37. The Bertz CT molecular complexity index is 1200. The summed E-state index contributed by atoms with van der Waals surface area (Å²) in [6.45, 7) is 3.54. The minimum atomic E-state index is -0.100. The molecule has 2 aliphatic heterocycles. The van der Waals surface area contributed by atoms with Crippen molar-refractivity contribution in [3.8, 4) is 16.3 Å². The third-order valence-corrected chi connectivity index (χ3v) is 6.86. The number of nitrogens with zero attached hydrogens (tertiary/aromatic N) is 3. The van der Waals surface area contributed by atoms with Crippen LogP contribution in [0.2, 0.25) is 0 Å². The lowest BCUT2D eigenvalue weighted by Gasteiger charge is -2.37. The third-order valence-electron chi connectivity index (χ3n) is 5.97. The van der Waals surface area contributed by atoms with Crippen molar-refractivity contribution in [3.05, 3.63) is 75.4 Å². The summed E-state index contributed by atoms with van der Waals surface area (Å²) in [5.41, 5.74) is 2.31. The SMILES string of the molecule is C[C@@H]1CN(C(=O)C2=Cc3ccccc3OC2)CC[C@H]1n1nc(-c2cccs2)ccc1=O. The molecule has 3 aromatic rings. The number of aromatic nitrogens is 2. The Morgan fingerprint density at radius 3 is 2.84 bits per heavy atom. The second-order valence-corrected chi connectivity index (χ2v) is 9.01. The maximum atomic E-state index is 13.1. The van der Waals surface area contributed by atoms with E-state index in [4.69, 9.17) is 4.74 Å². The highest BCUT2D eigenvalue weighted by molar-refractivity contribution is 7.13. The normalized spacial score (nSPS) is 20.5. The molecule has 2 aliphatic rings. The molecule has 0 N–H and O–H groups in total. The van der Waals surface area contributed by atoms with E-state index < -0.39 is 0 Å². The first kappa shape index (κ1) is 19.8. The van der Waals surface area contributed by atoms with Crippen molar-refractivity contribution in [2.45, 2.75) is 19.4 Å². The molecule has 0 spiro atoms. The van der Waals surface area contributed by atoms with Gasteiger partial charge in [-0.2, -0.15) is 5.10 Å². The molecular formula is C24H23N3O3S. The Balaban J connectivity index is 1.33. The molecule has 0 aliphatic carbocycles. The van der Waals surface area contributed by atoms with Crippen LogP contribution in [0.15, 0.2) is 64.3 Å². The first-order chi connectivity index (χ1) is 15.1. The van der Waals surface area contributed by atoms with Crippen LogP contribution < -0.4 is 10.3 Å². The topological polar surface area (TPSA) is 64.4 Å². The number of hydrogen-bond acceptors (Lipinski definition) is 5. The summed E-state index contributed by atoms with van der Waals surface area (Å²) in [7, 11) is 0. The minimum absolute atomic E-state index is 0.00689. The number of fused-ring (bicyclic) bond motifs is 1. The molecule has 1 aromatic carbocycles. The first-order valence-electron chi connectivity index (χ1n) is 10.5. The van der Waals surface area contributed by atoms with Crippen molar-refractivity contribution in [1.29, 1.82) is 0 Å². The van der Waals surface area contributed by atoms with E-state index in [-0.39, 0.29) is 30.0 Å². The number of hydrogen-bond donors (Lipinski definition) is 0. The van der Waals surface area contributed by atoms with E-state index in [9.17, 15) is 9.59 Å². The van der Waals surface area contributed by atoms with Gasteiger partial charge in [0.05, 0.1) is 16.5 Å². The molecule has 1 amide bonds. The summed E-state index contributed by atoms with van der Waals surface area (Å²) >= 11 is 1.60. The number of benzene rings is 1. The lowest BCUT2D eigenvalue weighted by molar-refractivity contribution is -0.129. The monoisotopic (exact) mass is 433 g/mol. The fourth-order valence-electron chi connectivity index (χ4n) is 4.34. The van der Waals surface area contributed by atoms with E-state index in [1.54, 1.807) is 28.2 Å². The van der Waals surface area contributed by atoms with E-state index in [1.165, 1.54) is 0 Å². The number of carbonyl (C=O) groups is 1. The quantitative estimate of drug-likeness (QED) is 0.629. The molecule has 5 rings (SSSR count). The molecule has 0 unspecified atom stereocenters. The van der Waals surface area contributed by atoms with Gasteiger partial charge >= 0.3 is 0 Å². The van der Waals surface area contributed by atoms with Crippen molar-refractivity contribution in [3.63, 3.8) is 0 Å². The van der Waals surface area contributed by atoms with E-state index in [1.807, 2.05) is 52.8 Å². The summed E-state index contributed by atoms with van der Waals surface area (Å²) in [6.07, 6.45) is 2.62. The molecule has 0 radical (unpaired) electrons. The van der Waals surface area contributed by atoms with E-state index in [2.05, 4.69) is 12.0 Å². The number of ether oxygens (including phenoxy) is 1. The van der Waals surface area contributed by atoms with Gasteiger partial charge in [-0.05, 0) is 42.0 Å². The van der Waals surface area contributed by atoms with Crippen molar-refractivity contribution in [2.24, 2.45) is 5.92 Å². The molecule has 7 heteroatoms. The second kappa shape index (κ2) is 8.15. The zero-order valence-electron chi connectivity index (χ0n) is 17.2. The Morgan fingerprint density at radius 1 is 1.16 bits per heavy atom. The standard InChI is InChI=1S/C24H23N3O3S/c1-16-14-26(24(29)18-13-17-5-2-3-6-21(17)30-15-18)11-10-20(16)27-23(28)9-8-19(25-27)22-7-4-12-31-22/h2-9,12-13,16,20H,10-11,14-15H2,1H3/t16-,20-/m1/s1. The summed E-state index contributed by atoms with van der Waals surface area (Å²) in [5, 5.41) is 6.65. The Kier molecular flexibility index (Phi) is 5.19. The van der Waals surface area contributed by atoms with Crippen molar-refractivity contribution >= 4 is 23.3 Å². The summed E-state index contributed by atoms with van der Waals surface area (Å²) in [6, 6.07) is 15.1. The van der Waals surface area contributed by atoms with Crippen LogP contribution in [-0.2, 0) is 4.79 Å². The number of thiophene rings is 1. The Morgan fingerprint density at radius 2 is 2.03 bits per heavy atom. The lowest BCUT2D eigenvalue weighted by atomic mass is 9.93. The molecule has 4 heterocycles. The summed E-state index contributed by atoms with van der Waals surface area (Å²) in [4.78, 5) is 28.6. The van der Waals surface area contributed by atoms with Gasteiger partial charge in [-0.15, -0.1) is 11.3 Å². The molecule has 158 valence electrons. The lowest BCUT2D eigenvalue weighted by Crippen LogP contribution is -2.46. The van der Waals surface area contributed by atoms with Gasteiger partial charge in [-0.25, -0.2) is 4.68 Å². The highest BCUT2D eigenvalue weighted by Crippen LogP contribution is 2.31. The number of para-hydroxylation sites is 1. The average Bonchev–Trinajstić information content (AvgIpc) is 3.34. The maximum Gasteiger partial charge on any atom is 0.267 e. The fourth-order valence-corrected chi connectivity index (χ4v) is 5.03. The summed E-state index contributed by atoms with van der Waals surface area (Å²) in [5.74, 6) is 0.925. The molecular weight excluding hydrogens is 410 g/mol. The van der Waals surface area contributed by atoms with Crippen LogP contribution in [0.25, 0.3) is 16.6 Å². The van der Waals surface area contributed by atoms with Gasteiger partial charge in [0.2, 0.25) is 0 Å². The van der Waals surface area contributed by atoms with Crippen LogP contribution in [-0.4, -0.2) is 40.3 Å². The van der Waals surface area contributed by atoms with Gasteiger partial charge in [0.15, 0.2) is 0 Å². The minimum Gasteiger partial charge on any atom is -0.488 e. The number of carbonyl (C=O) groups excluding carboxylic acids is 1. The van der Waals surface area contributed by atoms with Crippen LogP contribution in [0.5, 0.6) is 5.75 Å².